The van der Waals surface area contributed by atoms with Crippen LogP contribution in [0.1, 0.15) is 16.1 Å². The highest BCUT2D eigenvalue weighted by atomic mass is 19.1. The van der Waals surface area contributed by atoms with Gasteiger partial charge in [-0.05, 0) is 36.9 Å². The van der Waals surface area contributed by atoms with E-state index in [4.69, 9.17) is 5.73 Å². The van der Waals surface area contributed by atoms with Crippen molar-refractivity contribution in [2.24, 2.45) is 5.73 Å². The summed E-state index contributed by atoms with van der Waals surface area (Å²) in [6.45, 7) is 0.499. The maximum absolute atomic E-state index is 13.2. The smallest absolute Gasteiger partial charge is 0.269 e. The van der Waals surface area contributed by atoms with Crippen LogP contribution in [-0.2, 0) is 6.54 Å². The van der Waals surface area contributed by atoms with Crippen LogP contribution in [0.15, 0.2) is 30.5 Å². The Hall–Kier alpha value is -2.21. The molecule has 2 aromatic rings. The van der Waals surface area contributed by atoms with Crippen molar-refractivity contribution < 1.29 is 9.18 Å². The van der Waals surface area contributed by atoms with E-state index < -0.39 is 5.91 Å². The van der Waals surface area contributed by atoms with Crippen molar-refractivity contribution >= 4 is 5.91 Å². The number of halogens is 1. The van der Waals surface area contributed by atoms with Crippen molar-refractivity contribution in [3.05, 3.63) is 47.5 Å². The second kappa shape index (κ2) is 4.97. The zero-order valence-electron chi connectivity index (χ0n) is 9.85. The average molecular weight is 248 g/mol. The van der Waals surface area contributed by atoms with E-state index in [-0.39, 0.29) is 11.5 Å². The molecule has 1 amide bonds. The Labute approximate surface area is 103 Å². The topological polar surface area (TPSA) is 72.9 Å². The standard InChI is InChI=1S/C12H13FN4O/c1-15-7-8-6-9(13)2-3-11(8)17-5-4-10(16-17)12(14)18/h2-6,15H,7H2,1H3,(H2,14,18). The monoisotopic (exact) mass is 248 g/mol. The van der Waals surface area contributed by atoms with E-state index in [0.29, 0.717) is 12.2 Å². The summed E-state index contributed by atoms with van der Waals surface area (Å²) in [5, 5.41) is 7.00. The summed E-state index contributed by atoms with van der Waals surface area (Å²) >= 11 is 0. The number of rotatable bonds is 4. The Morgan fingerprint density at radius 1 is 1.50 bits per heavy atom. The second-order valence-corrected chi connectivity index (χ2v) is 3.81. The molecule has 1 aromatic heterocycles. The molecule has 0 fully saturated rings. The van der Waals surface area contributed by atoms with Crippen LogP contribution in [0.25, 0.3) is 5.69 Å². The molecule has 94 valence electrons. The molecule has 0 aliphatic heterocycles. The van der Waals surface area contributed by atoms with Crippen molar-refractivity contribution in [2.45, 2.75) is 6.54 Å². The molecular weight excluding hydrogens is 235 g/mol. The molecule has 0 saturated carbocycles. The largest absolute Gasteiger partial charge is 0.364 e. The first-order valence-electron chi connectivity index (χ1n) is 5.40. The number of carbonyl (C=O) groups is 1. The maximum atomic E-state index is 13.2. The molecule has 0 radical (unpaired) electrons. The van der Waals surface area contributed by atoms with Crippen LogP contribution in [0.4, 0.5) is 4.39 Å². The van der Waals surface area contributed by atoms with Gasteiger partial charge in [0.2, 0.25) is 0 Å². The lowest BCUT2D eigenvalue weighted by molar-refractivity contribution is 0.0995. The minimum absolute atomic E-state index is 0.176. The molecular formula is C12H13FN4O. The molecule has 0 spiro atoms. The van der Waals surface area contributed by atoms with Gasteiger partial charge in [-0.2, -0.15) is 5.10 Å². The number of nitrogens with one attached hydrogen (secondary N) is 1. The minimum atomic E-state index is -0.592. The SMILES string of the molecule is CNCc1cc(F)ccc1-n1ccc(C(N)=O)n1. The Morgan fingerprint density at radius 3 is 2.89 bits per heavy atom. The van der Waals surface area contributed by atoms with Gasteiger partial charge in [-0.1, -0.05) is 0 Å². The number of aromatic nitrogens is 2. The third-order valence-corrected chi connectivity index (χ3v) is 2.50. The predicted molar refractivity (Wildman–Crippen MR) is 64.8 cm³/mol. The minimum Gasteiger partial charge on any atom is -0.364 e. The van der Waals surface area contributed by atoms with Gasteiger partial charge >= 0.3 is 0 Å². The predicted octanol–water partition coefficient (Wildman–Crippen LogP) is 0.830. The van der Waals surface area contributed by atoms with Crippen LogP contribution in [0.3, 0.4) is 0 Å². The van der Waals surface area contributed by atoms with Gasteiger partial charge in [0, 0.05) is 12.7 Å². The third-order valence-electron chi connectivity index (χ3n) is 2.50. The van der Waals surface area contributed by atoms with Crippen LogP contribution in [0, 0.1) is 5.82 Å². The summed E-state index contributed by atoms with van der Waals surface area (Å²) in [4.78, 5) is 11.0. The Morgan fingerprint density at radius 2 is 2.28 bits per heavy atom. The van der Waals surface area contributed by atoms with Crippen molar-refractivity contribution in [2.75, 3.05) is 7.05 Å². The second-order valence-electron chi connectivity index (χ2n) is 3.81. The lowest BCUT2D eigenvalue weighted by Gasteiger charge is -2.09. The highest BCUT2D eigenvalue weighted by Gasteiger charge is 2.09. The van der Waals surface area contributed by atoms with Crippen molar-refractivity contribution in [1.82, 2.24) is 15.1 Å². The summed E-state index contributed by atoms with van der Waals surface area (Å²) in [7, 11) is 1.77. The van der Waals surface area contributed by atoms with Gasteiger partial charge in [0.15, 0.2) is 0 Å². The van der Waals surface area contributed by atoms with Crippen LogP contribution in [-0.4, -0.2) is 22.7 Å². The number of nitrogens with two attached hydrogens (primary N) is 1. The number of hydrogen-bond donors (Lipinski definition) is 2. The highest BCUT2D eigenvalue weighted by molar-refractivity contribution is 5.90. The zero-order valence-corrected chi connectivity index (χ0v) is 9.85. The molecule has 0 bridgehead atoms. The fourth-order valence-electron chi connectivity index (χ4n) is 1.70. The summed E-state index contributed by atoms with van der Waals surface area (Å²) < 4.78 is 14.7. The molecule has 0 aliphatic carbocycles. The summed E-state index contributed by atoms with van der Waals surface area (Å²) in [6.07, 6.45) is 1.62. The number of hydrogen-bond acceptors (Lipinski definition) is 3. The fourth-order valence-corrected chi connectivity index (χ4v) is 1.70. The van der Waals surface area contributed by atoms with Gasteiger partial charge in [-0.3, -0.25) is 4.79 Å². The number of carbonyl (C=O) groups excluding carboxylic acids is 1. The van der Waals surface area contributed by atoms with Gasteiger partial charge in [0.25, 0.3) is 5.91 Å². The van der Waals surface area contributed by atoms with Gasteiger partial charge in [-0.25, -0.2) is 9.07 Å². The van der Waals surface area contributed by atoms with Crippen molar-refractivity contribution in [3.8, 4) is 5.69 Å². The zero-order chi connectivity index (χ0) is 13.1. The molecule has 18 heavy (non-hydrogen) atoms. The van der Waals surface area contributed by atoms with E-state index >= 15 is 0 Å². The molecule has 1 heterocycles. The van der Waals surface area contributed by atoms with E-state index in [0.717, 1.165) is 5.56 Å². The lowest BCUT2D eigenvalue weighted by Crippen LogP contribution is -2.13. The molecule has 0 aliphatic rings. The first-order valence-corrected chi connectivity index (χ1v) is 5.40. The molecule has 6 heteroatoms. The van der Waals surface area contributed by atoms with Gasteiger partial charge < -0.3 is 11.1 Å². The molecule has 0 atom stereocenters. The molecule has 1 aromatic carbocycles. The molecule has 0 saturated heterocycles. The van der Waals surface area contributed by atoms with Gasteiger partial charge in [0.05, 0.1) is 5.69 Å². The Kier molecular flexibility index (Phi) is 3.38. The van der Waals surface area contributed by atoms with Crippen LogP contribution >= 0.6 is 0 Å². The van der Waals surface area contributed by atoms with E-state index in [2.05, 4.69) is 10.4 Å². The van der Waals surface area contributed by atoms with Crippen LogP contribution in [0.2, 0.25) is 0 Å². The normalized spacial score (nSPS) is 10.6. The molecule has 3 N–H and O–H groups in total. The summed E-state index contributed by atoms with van der Waals surface area (Å²) in [5.74, 6) is -0.905. The van der Waals surface area contributed by atoms with E-state index in [1.54, 1.807) is 19.3 Å². The Balaban J connectivity index is 2.45. The van der Waals surface area contributed by atoms with E-state index in [9.17, 15) is 9.18 Å². The summed E-state index contributed by atoms with van der Waals surface area (Å²) in [6, 6.07) is 5.91. The van der Waals surface area contributed by atoms with Gasteiger partial charge in [0.1, 0.15) is 11.5 Å². The lowest BCUT2D eigenvalue weighted by atomic mass is 10.1. The fraction of sp³-hybridized carbons (Fsp3) is 0.167. The molecule has 5 nitrogen and oxygen atoms in total. The van der Waals surface area contributed by atoms with Crippen LogP contribution in [0.5, 0.6) is 0 Å². The van der Waals surface area contributed by atoms with Crippen molar-refractivity contribution in [1.29, 1.82) is 0 Å². The number of benzene rings is 1. The first kappa shape index (κ1) is 12.3. The Bertz CT molecular complexity index is 579. The first-order chi connectivity index (χ1) is 8.61. The van der Waals surface area contributed by atoms with Crippen molar-refractivity contribution in [3.63, 3.8) is 0 Å². The van der Waals surface area contributed by atoms with E-state index in [1.807, 2.05) is 0 Å². The summed E-state index contributed by atoms with van der Waals surface area (Å²) in [5.41, 5.74) is 6.77. The number of nitrogens with zero attached hydrogens (tertiary/aromatic N) is 2. The molecule has 0 unspecified atom stereocenters. The number of primary amides is 1. The van der Waals surface area contributed by atoms with Gasteiger partial charge in [-0.15, -0.1) is 0 Å². The van der Waals surface area contributed by atoms with E-state index in [1.165, 1.54) is 22.9 Å². The highest BCUT2D eigenvalue weighted by Crippen LogP contribution is 2.16. The average Bonchev–Trinajstić information content (AvgIpc) is 2.79. The third kappa shape index (κ3) is 2.38. The number of amides is 1. The maximum Gasteiger partial charge on any atom is 0.269 e. The molecule has 2 rings (SSSR count). The van der Waals surface area contributed by atoms with Crippen LogP contribution < -0.4 is 11.1 Å². The quantitative estimate of drug-likeness (QED) is 0.841.